The van der Waals surface area contributed by atoms with Crippen LogP contribution in [0.25, 0.3) is 16.9 Å². The quantitative estimate of drug-likeness (QED) is 0.470. The molecule has 30 heavy (non-hydrogen) atoms. The van der Waals surface area contributed by atoms with Crippen LogP contribution in [0.15, 0.2) is 54.6 Å². The fraction of sp³-hybridized carbons (Fsp3) is 0.273. The number of rotatable bonds is 9. The first-order valence-electron chi connectivity index (χ1n) is 9.70. The molecule has 0 aliphatic rings. The Morgan fingerprint density at radius 2 is 1.83 bits per heavy atom. The summed E-state index contributed by atoms with van der Waals surface area (Å²) in [5, 5.41) is 17.4. The second-order valence-corrected chi connectivity index (χ2v) is 6.65. The highest BCUT2D eigenvalue weighted by Gasteiger charge is 2.16. The number of primary amides is 1. The Hall–Kier alpha value is -3.52. The summed E-state index contributed by atoms with van der Waals surface area (Å²) in [6.07, 6.45) is -0.0610. The molecular weight excluding hydrogens is 384 g/mol. The number of benzene rings is 2. The molecule has 4 N–H and O–H groups in total. The minimum absolute atomic E-state index is 0.318. The van der Waals surface area contributed by atoms with Gasteiger partial charge in [-0.05, 0) is 61.0 Å². The highest BCUT2D eigenvalue weighted by atomic mass is 16.5. The average Bonchev–Trinajstić information content (AvgIpc) is 3.22. The van der Waals surface area contributed by atoms with Crippen LogP contribution in [0, 0.1) is 0 Å². The van der Waals surface area contributed by atoms with E-state index in [2.05, 4.69) is 10.4 Å². The van der Waals surface area contributed by atoms with Gasteiger partial charge in [0.1, 0.15) is 18.1 Å². The molecule has 1 heterocycles. The number of amides is 2. The van der Waals surface area contributed by atoms with Crippen molar-refractivity contribution in [3.8, 4) is 28.4 Å². The molecule has 0 aliphatic carbocycles. The molecule has 2 aromatic carbocycles. The molecule has 0 aliphatic heterocycles. The molecule has 8 heteroatoms. The van der Waals surface area contributed by atoms with Gasteiger partial charge in [0.2, 0.25) is 0 Å². The molecule has 0 radical (unpaired) electrons. The van der Waals surface area contributed by atoms with E-state index in [4.69, 9.17) is 15.2 Å². The van der Waals surface area contributed by atoms with Gasteiger partial charge >= 0.3 is 6.03 Å². The van der Waals surface area contributed by atoms with Crippen molar-refractivity contribution in [2.45, 2.75) is 19.4 Å². The van der Waals surface area contributed by atoms with Gasteiger partial charge in [-0.25, -0.2) is 9.48 Å². The number of urea groups is 1. The van der Waals surface area contributed by atoms with Gasteiger partial charge < -0.3 is 25.6 Å². The van der Waals surface area contributed by atoms with Gasteiger partial charge in [-0.15, -0.1) is 0 Å². The molecule has 3 aromatic rings. The molecule has 0 saturated heterocycles. The van der Waals surface area contributed by atoms with Crippen LogP contribution in [0.2, 0.25) is 0 Å². The number of ether oxygens (including phenoxy) is 2. The Balaban J connectivity index is 1.86. The Bertz CT molecular complexity index is 968. The fourth-order valence-electron chi connectivity index (χ4n) is 2.96. The number of carbonyl (C=O) groups is 1. The highest BCUT2D eigenvalue weighted by Crippen LogP contribution is 2.29. The molecular formula is C22H26N4O4. The van der Waals surface area contributed by atoms with Gasteiger partial charge in [0.15, 0.2) is 0 Å². The molecule has 1 aromatic heterocycles. The van der Waals surface area contributed by atoms with Gasteiger partial charge in [-0.3, -0.25) is 0 Å². The van der Waals surface area contributed by atoms with Crippen LogP contribution in [-0.2, 0) is 0 Å². The topological polar surface area (TPSA) is 112 Å². The van der Waals surface area contributed by atoms with Crippen LogP contribution in [-0.4, -0.2) is 41.2 Å². The summed E-state index contributed by atoms with van der Waals surface area (Å²) >= 11 is 0. The fourth-order valence-corrected chi connectivity index (χ4v) is 2.96. The molecule has 2 amide bonds. The van der Waals surface area contributed by atoms with E-state index < -0.39 is 12.1 Å². The zero-order valence-corrected chi connectivity index (χ0v) is 17.0. The first-order chi connectivity index (χ1) is 14.5. The number of aromatic nitrogens is 2. The summed E-state index contributed by atoms with van der Waals surface area (Å²) in [7, 11) is 1.62. The van der Waals surface area contributed by atoms with E-state index in [1.165, 1.54) is 0 Å². The average molecular weight is 410 g/mol. The predicted octanol–water partition coefficient (Wildman–Crippen LogP) is 3.04. The summed E-state index contributed by atoms with van der Waals surface area (Å²) in [5.74, 6) is 1.43. The number of nitrogens with one attached hydrogen (secondary N) is 1. The maximum Gasteiger partial charge on any atom is 0.312 e. The molecule has 8 nitrogen and oxygen atoms in total. The zero-order valence-electron chi connectivity index (χ0n) is 17.0. The standard InChI is InChI=1S/C22H26N4O4/c1-3-21(27)19-14-20(26(25-19)16-6-10-17(29-2)11-7-16)15-4-8-18(9-5-15)30-13-12-24-22(23)28/h4-11,14,21,27H,3,12-13H2,1-2H3,(H3,23,24,28). The lowest BCUT2D eigenvalue weighted by Gasteiger charge is -2.10. The van der Waals surface area contributed by atoms with E-state index in [1.54, 1.807) is 11.8 Å². The van der Waals surface area contributed by atoms with Gasteiger partial charge in [-0.1, -0.05) is 6.92 Å². The predicted molar refractivity (Wildman–Crippen MR) is 114 cm³/mol. The van der Waals surface area contributed by atoms with Crippen molar-refractivity contribution in [2.75, 3.05) is 20.3 Å². The SMILES string of the molecule is CCC(O)c1cc(-c2ccc(OCCNC(N)=O)cc2)n(-c2ccc(OC)cc2)n1. The largest absolute Gasteiger partial charge is 0.497 e. The third-order valence-corrected chi connectivity index (χ3v) is 4.59. The van der Waals surface area contributed by atoms with Crippen molar-refractivity contribution < 1.29 is 19.4 Å². The third kappa shape index (κ3) is 5.09. The first kappa shape index (κ1) is 21.2. The lowest BCUT2D eigenvalue weighted by atomic mass is 10.1. The Morgan fingerprint density at radius 1 is 1.17 bits per heavy atom. The molecule has 0 bridgehead atoms. The smallest absolute Gasteiger partial charge is 0.312 e. The van der Waals surface area contributed by atoms with E-state index in [1.807, 2.05) is 61.5 Å². The van der Waals surface area contributed by atoms with E-state index in [9.17, 15) is 9.90 Å². The Kier molecular flexibility index (Phi) is 6.92. The van der Waals surface area contributed by atoms with Gasteiger partial charge in [-0.2, -0.15) is 5.10 Å². The zero-order chi connectivity index (χ0) is 21.5. The van der Waals surface area contributed by atoms with E-state index in [0.717, 1.165) is 22.7 Å². The number of carbonyl (C=O) groups excluding carboxylic acids is 1. The highest BCUT2D eigenvalue weighted by molar-refractivity contribution is 5.71. The van der Waals surface area contributed by atoms with Crippen LogP contribution >= 0.6 is 0 Å². The number of nitrogens with two attached hydrogens (primary N) is 1. The third-order valence-electron chi connectivity index (χ3n) is 4.59. The Labute approximate surface area is 175 Å². The van der Waals surface area contributed by atoms with Crippen LogP contribution in [0.1, 0.15) is 25.1 Å². The van der Waals surface area contributed by atoms with Crippen molar-refractivity contribution in [3.63, 3.8) is 0 Å². The van der Waals surface area contributed by atoms with Crippen molar-refractivity contribution in [1.29, 1.82) is 0 Å². The second-order valence-electron chi connectivity index (χ2n) is 6.65. The summed E-state index contributed by atoms with van der Waals surface area (Å²) in [6.45, 7) is 2.56. The molecule has 0 saturated carbocycles. The van der Waals surface area contributed by atoms with Crippen LogP contribution < -0.4 is 20.5 Å². The first-order valence-corrected chi connectivity index (χ1v) is 9.70. The molecule has 0 fully saturated rings. The number of nitrogens with zero attached hydrogens (tertiary/aromatic N) is 2. The van der Waals surface area contributed by atoms with Crippen molar-refractivity contribution >= 4 is 6.03 Å². The summed E-state index contributed by atoms with van der Waals surface area (Å²) < 4.78 is 12.6. The number of hydrogen-bond acceptors (Lipinski definition) is 5. The maximum atomic E-state index is 10.7. The number of methoxy groups -OCH3 is 1. The van der Waals surface area contributed by atoms with Crippen LogP contribution in [0.5, 0.6) is 11.5 Å². The van der Waals surface area contributed by atoms with E-state index in [0.29, 0.717) is 31.0 Å². The molecule has 0 spiro atoms. The molecule has 1 atom stereocenters. The number of hydrogen-bond donors (Lipinski definition) is 3. The minimum Gasteiger partial charge on any atom is -0.497 e. The van der Waals surface area contributed by atoms with Crippen molar-refractivity contribution in [3.05, 3.63) is 60.3 Å². The van der Waals surface area contributed by atoms with Crippen LogP contribution in [0.3, 0.4) is 0 Å². The second kappa shape index (κ2) is 9.80. The number of aliphatic hydroxyl groups excluding tert-OH is 1. The molecule has 158 valence electrons. The van der Waals surface area contributed by atoms with Crippen molar-refractivity contribution in [1.82, 2.24) is 15.1 Å². The van der Waals surface area contributed by atoms with Gasteiger partial charge in [0, 0.05) is 5.56 Å². The number of aliphatic hydroxyl groups is 1. The lowest BCUT2D eigenvalue weighted by molar-refractivity contribution is 0.168. The lowest BCUT2D eigenvalue weighted by Crippen LogP contribution is -2.32. The normalized spacial score (nSPS) is 11.7. The monoisotopic (exact) mass is 410 g/mol. The molecule has 3 rings (SSSR count). The summed E-state index contributed by atoms with van der Waals surface area (Å²) in [4.78, 5) is 10.7. The van der Waals surface area contributed by atoms with E-state index in [-0.39, 0.29) is 0 Å². The van der Waals surface area contributed by atoms with Crippen molar-refractivity contribution in [2.24, 2.45) is 5.73 Å². The van der Waals surface area contributed by atoms with Gasteiger partial charge in [0.25, 0.3) is 0 Å². The summed E-state index contributed by atoms with van der Waals surface area (Å²) in [5.41, 5.74) is 8.28. The minimum atomic E-state index is -0.636. The molecule has 1 unspecified atom stereocenters. The van der Waals surface area contributed by atoms with Gasteiger partial charge in [0.05, 0.1) is 36.8 Å². The Morgan fingerprint density at radius 3 is 2.43 bits per heavy atom. The summed E-state index contributed by atoms with van der Waals surface area (Å²) in [6, 6.07) is 16.4. The van der Waals surface area contributed by atoms with Crippen LogP contribution in [0.4, 0.5) is 4.79 Å². The maximum absolute atomic E-state index is 10.7. The van der Waals surface area contributed by atoms with E-state index >= 15 is 0 Å².